The van der Waals surface area contributed by atoms with Gasteiger partial charge in [0.15, 0.2) is 0 Å². The third-order valence-corrected chi connectivity index (χ3v) is 4.62. The first-order valence-electron chi connectivity index (χ1n) is 8.29. The molecule has 2 amide bonds. The predicted molar refractivity (Wildman–Crippen MR) is 104 cm³/mol. The van der Waals surface area contributed by atoms with Crippen LogP contribution in [0.2, 0.25) is 0 Å². The van der Waals surface area contributed by atoms with Gasteiger partial charge >= 0.3 is 0 Å². The van der Waals surface area contributed by atoms with Crippen molar-refractivity contribution in [3.8, 4) is 0 Å². The molecular formula is C20H24N2O2S. The molecule has 0 bridgehead atoms. The van der Waals surface area contributed by atoms with E-state index in [-0.39, 0.29) is 17.5 Å². The molecule has 0 saturated carbocycles. The fourth-order valence-electron chi connectivity index (χ4n) is 2.11. The van der Waals surface area contributed by atoms with Crippen LogP contribution in [0.4, 0.5) is 0 Å². The Kier molecular flexibility index (Phi) is 6.53. The Morgan fingerprint density at radius 2 is 1.80 bits per heavy atom. The number of carbonyl (C=O) groups excluding carboxylic acids is 2. The first kappa shape index (κ1) is 18.9. The predicted octanol–water partition coefficient (Wildman–Crippen LogP) is 3.91. The molecule has 0 radical (unpaired) electrons. The largest absolute Gasteiger partial charge is 0.351 e. The lowest BCUT2D eigenvalue weighted by Crippen LogP contribution is -2.36. The van der Waals surface area contributed by atoms with Crippen LogP contribution in [-0.4, -0.2) is 18.4 Å². The summed E-state index contributed by atoms with van der Waals surface area (Å²) < 4.78 is 0. The molecular weight excluding hydrogens is 332 g/mol. The minimum Gasteiger partial charge on any atom is -0.351 e. The highest BCUT2D eigenvalue weighted by Gasteiger charge is 2.15. The van der Waals surface area contributed by atoms with E-state index in [9.17, 15) is 9.59 Å². The number of carbonyl (C=O) groups is 2. The molecule has 0 atom stereocenters. The summed E-state index contributed by atoms with van der Waals surface area (Å²) in [5.41, 5.74) is 2.94. The van der Waals surface area contributed by atoms with Crippen LogP contribution in [-0.2, 0) is 4.79 Å². The second-order valence-corrected chi connectivity index (χ2v) is 7.40. The first-order chi connectivity index (χ1) is 11.9. The topological polar surface area (TPSA) is 58.2 Å². The van der Waals surface area contributed by atoms with Gasteiger partial charge in [0, 0.05) is 17.0 Å². The van der Waals surface area contributed by atoms with Gasteiger partial charge in [-0.2, -0.15) is 0 Å². The molecule has 132 valence electrons. The highest BCUT2D eigenvalue weighted by molar-refractivity contribution is 7.11. The van der Waals surface area contributed by atoms with Gasteiger partial charge in [-0.05, 0) is 55.0 Å². The van der Waals surface area contributed by atoms with E-state index in [2.05, 4.69) is 10.6 Å². The van der Waals surface area contributed by atoms with Gasteiger partial charge in [0.1, 0.15) is 5.70 Å². The van der Waals surface area contributed by atoms with Gasteiger partial charge in [-0.1, -0.05) is 31.5 Å². The summed E-state index contributed by atoms with van der Waals surface area (Å²) in [7, 11) is 0. The molecule has 2 rings (SSSR count). The Morgan fingerprint density at radius 1 is 1.12 bits per heavy atom. The fraction of sp³-hybridized carbons (Fsp3) is 0.300. The average Bonchev–Trinajstić information content (AvgIpc) is 2.97. The molecule has 2 N–H and O–H groups in total. The molecule has 0 saturated heterocycles. The molecule has 0 fully saturated rings. The average molecular weight is 356 g/mol. The van der Waals surface area contributed by atoms with E-state index in [1.807, 2.05) is 51.3 Å². The lowest BCUT2D eigenvalue weighted by atomic mass is 10.1. The summed E-state index contributed by atoms with van der Waals surface area (Å²) in [5, 5.41) is 7.59. The second-order valence-electron chi connectivity index (χ2n) is 6.45. The van der Waals surface area contributed by atoms with Crippen molar-refractivity contribution in [1.29, 1.82) is 0 Å². The quantitative estimate of drug-likeness (QED) is 0.771. The van der Waals surface area contributed by atoms with Crippen molar-refractivity contribution in [1.82, 2.24) is 10.6 Å². The monoisotopic (exact) mass is 356 g/mol. The Labute approximate surface area is 153 Å². The van der Waals surface area contributed by atoms with Gasteiger partial charge in [0.25, 0.3) is 11.8 Å². The van der Waals surface area contributed by atoms with E-state index in [4.69, 9.17) is 0 Å². The third kappa shape index (κ3) is 5.57. The van der Waals surface area contributed by atoms with Crippen molar-refractivity contribution in [3.63, 3.8) is 0 Å². The standard InChI is InChI=1S/C20H24N2O2S/c1-13(2)12-21-20(24)17(11-18-15(4)9-10-25-18)22-19(23)16-7-5-14(3)6-8-16/h5-11,13H,12H2,1-4H3,(H,21,24)(H,22,23). The molecule has 0 unspecified atom stereocenters. The normalized spacial score (nSPS) is 11.5. The van der Waals surface area contributed by atoms with Crippen LogP contribution in [0.5, 0.6) is 0 Å². The van der Waals surface area contributed by atoms with E-state index in [0.29, 0.717) is 18.0 Å². The number of amides is 2. The van der Waals surface area contributed by atoms with Crippen molar-refractivity contribution in [3.05, 3.63) is 63.0 Å². The Morgan fingerprint density at radius 3 is 2.36 bits per heavy atom. The maximum absolute atomic E-state index is 12.5. The van der Waals surface area contributed by atoms with Crippen LogP contribution in [0, 0.1) is 19.8 Å². The number of nitrogens with one attached hydrogen (secondary N) is 2. The zero-order valence-electron chi connectivity index (χ0n) is 15.1. The van der Waals surface area contributed by atoms with E-state index in [0.717, 1.165) is 16.0 Å². The molecule has 4 nitrogen and oxygen atoms in total. The second kappa shape index (κ2) is 8.62. The van der Waals surface area contributed by atoms with E-state index >= 15 is 0 Å². The Balaban J connectivity index is 2.23. The zero-order chi connectivity index (χ0) is 18.4. The number of benzene rings is 1. The molecule has 1 aromatic heterocycles. The maximum atomic E-state index is 12.5. The SMILES string of the molecule is Cc1ccc(C(=O)NC(=Cc2sccc2C)C(=O)NCC(C)C)cc1. The number of hydrogen-bond donors (Lipinski definition) is 2. The summed E-state index contributed by atoms with van der Waals surface area (Å²) in [5.74, 6) is -0.233. The van der Waals surface area contributed by atoms with Gasteiger partial charge in [0.05, 0.1) is 0 Å². The van der Waals surface area contributed by atoms with Gasteiger partial charge in [-0.3, -0.25) is 9.59 Å². The fourth-order valence-corrected chi connectivity index (χ4v) is 2.97. The van der Waals surface area contributed by atoms with Crippen molar-refractivity contribution in [2.75, 3.05) is 6.54 Å². The minimum absolute atomic E-state index is 0.261. The highest BCUT2D eigenvalue weighted by atomic mass is 32.1. The highest BCUT2D eigenvalue weighted by Crippen LogP contribution is 2.19. The molecule has 0 aliphatic carbocycles. The van der Waals surface area contributed by atoms with Crippen molar-refractivity contribution >= 4 is 29.2 Å². The third-order valence-electron chi connectivity index (χ3n) is 3.65. The molecule has 0 spiro atoms. The molecule has 1 aromatic carbocycles. The van der Waals surface area contributed by atoms with Crippen LogP contribution >= 0.6 is 11.3 Å². The zero-order valence-corrected chi connectivity index (χ0v) is 15.9. The first-order valence-corrected chi connectivity index (χ1v) is 9.16. The maximum Gasteiger partial charge on any atom is 0.267 e. The summed E-state index contributed by atoms with van der Waals surface area (Å²) in [6.45, 7) is 8.55. The molecule has 25 heavy (non-hydrogen) atoms. The van der Waals surface area contributed by atoms with Crippen molar-refractivity contribution in [2.45, 2.75) is 27.7 Å². The Hall–Kier alpha value is -2.40. The number of aryl methyl sites for hydroxylation is 2. The summed E-state index contributed by atoms with van der Waals surface area (Å²) in [4.78, 5) is 26.0. The molecule has 0 aliphatic rings. The van der Waals surface area contributed by atoms with Gasteiger partial charge in [-0.15, -0.1) is 11.3 Å². The number of rotatable bonds is 6. The van der Waals surface area contributed by atoms with Crippen molar-refractivity contribution in [2.24, 2.45) is 5.92 Å². The summed E-state index contributed by atoms with van der Waals surface area (Å²) in [6, 6.07) is 9.25. The molecule has 1 heterocycles. The smallest absolute Gasteiger partial charge is 0.267 e. The van der Waals surface area contributed by atoms with Gasteiger partial charge in [0.2, 0.25) is 0 Å². The van der Waals surface area contributed by atoms with Crippen LogP contribution in [0.3, 0.4) is 0 Å². The van der Waals surface area contributed by atoms with Crippen LogP contribution < -0.4 is 10.6 Å². The van der Waals surface area contributed by atoms with Crippen molar-refractivity contribution < 1.29 is 9.59 Å². The summed E-state index contributed by atoms with van der Waals surface area (Å²) in [6.07, 6.45) is 1.74. The summed E-state index contributed by atoms with van der Waals surface area (Å²) >= 11 is 1.54. The van der Waals surface area contributed by atoms with E-state index < -0.39 is 0 Å². The van der Waals surface area contributed by atoms with Crippen LogP contribution in [0.15, 0.2) is 41.4 Å². The molecule has 2 aromatic rings. The molecule has 5 heteroatoms. The van der Waals surface area contributed by atoms with Crippen LogP contribution in [0.1, 0.15) is 40.2 Å². The number of hydrogen-bond acceptors (Lipinski definition) is 3. The van der Waals surface area contributed by atoms with Gasteiger partial charge in [-0.25, -0.2) is 0 Å². The van der Waals surface area contributed by atoms with Crippen LogP contribution in [0.25, 0.3) is 6.08 Å². The Bertz CT molecular complexity index is 773. The number of thiophene rings is 1. The van der Waals surface area contributed by atoms with E-state index in [1.165, 1.54) is 11.3 Å². The molecule has 0 aliphatic heterocycles. The lowest BCUT2D eigenvalue weighted by Gasteiger charge is -2.12. The lowest BCUT2D eigenvalue weighted by molar-refractivity contribution is -0.117. The van der Waals surface area contributed by atoms with E-state index in [1.54, 1.807) is 18.2 Å². The van der Waals surface area contributed by atoms with Gasteiger partial charge < -0.3 is 10.6 Å². The minimum atomic E-state index is -0.292.